The van der Waals surface area contributed by atoms with E-state index in [2.05, 4.69) is 5.32 Å². The van der Waals surface area contributed by atoms with Crippen LogP contribution in [0.2, 0.25) is 0 Å². The Morgan fingerprint density at radius 3 is 2.69 bits per heavy atom. The minimum Gasteiger partial charge on any atom is -0.423 e. The van der Waals surface area contributed by atoms with Gasteiger partial charge in [0.2, 0.25) is 0 Å². The van der Waals surface area contributed by atoms with Crippen LogP contribution in [0.25, 0.3) is 11.0 Å². The van der Waals surface area contributed by atoms with Crippen molar-refractivity contribution in [3.05, 3.63) is 76.1 Å². The van der Waals surface area contributed by atoms with E-state index in [0.717, 1.165) is 16.5 Å². The molecule has 2 saturated heterocycles. The number of anilines is 1. The fraction of sp³-hybridized carbons (Fsp3) is 0.375. The maximum atomic E-state index is 11.8. The van der Waals surface area contributed by atoms with E-state index in [1.807, 2.05) is 49.4 Å². The molecule has 3 heterocycles. The van der Waals surface area contributed by atoms with Gasteiger partial charge in [0.05, 0.1) is 6.61 Å². The van der Waals surface area contributed by atoms with Crippen LogP contribution in [0.1, 0.15) is 17.4 Å². The number of hydrogen-bond acceptors (Lipinski definition) is 8. The van der Waals surface area contributed by atoms with Crippen molar-refractivity contribution in [2.24, 2.45) is 0 Å². The van der Waals surface area contributed by atoms with Gasteiger partial charge in [0, 0.05) is 35.9 Å². The largest absolute Gasteiger partial charge is 0.423 e. The number of aryl methyl sites for hydroxylation is 1. The summed E-state index contributed by atoms with van der Waals surface area (Å²) in [5.74, 6) is 0. The first-order valence-corrected chi connectivity index (χ1v) is 10.5. The number of fused-ring (bicyclic) bond motifs is 2. The summed E-state index contributed by atoms with van der Waals surface area (Å²) in [6, 6.07) is 15.9. The van der Waals surface area contributed by atoms with Gasteiger partial charge in [-0.15, -0.1) is 0 Å². The van der Waals surface area contributed by atoms with Gasteiger partial charge in [-0.25, -0.2) is 4.79 Å². The maximum absolute atomic E-state index is 11.8. The lowest BCUT2D eigenvalue weighted by molar-refractivity contribution is -0.337. The van der Waals surface area contributed by atoms with Gasteiger partial charge in [0.25, 0.3) is 0 Å². The van der Waals surface area contributed by atoms with Gasteiger partial charge >= 0.3 is 5.63 Å². The van der Waals surface area contributed by atoms with Crippen molar-refractivity contribution in [3.8, 4) is 0 Å². The van der Waals surface area contributed by atoms with E-state index in [9.17, 15) is 9.90 Å². The smallest absolute Gasteiger partial charge is 0.336 e. The lowest BCUT2D eigenvalue weighted by Gasteiger charge is -2.47. The van der Waals surface area contributed by atoms with Gasteiger partial charge in [-0.3, -0.25) is 0 Å². The summed E-state index contributed by atoms with van der Waals surface area (Å²) in [6.45, 7) is 2.13. The zero-order valence-corrected chi connectivity index (χ0v) is 17.8. The number of rotatable bonds is 4. The molecule has 1 unspecified atom stereocenters. The lowest BCUT2D eigenvalue weighted by Crippen LogP contribution is -2.64. The second kappa shape index (κ2) is 8.65. The van der Waals surface area contributed by atoms with Crippen molar-refractivity contribution in [1.29, 1.82) is 0 Å². The van der Waals surface area contributed by atoms with Crippen LogP contribution in [-0.2, 0) is 18.9 Å². The lowest BCUT2D eigenvalue weighted by atomic mass is 9.95. The van der Waals surface area contributed by atoms with Crippen molar-refractivity contribution in [2.75, 3.05) is 19.0 Å². The van der Waals surface area contributed by atoms with Crippen molar-refractivity contribution in [2.45, 2.75) is 43.9 Å². The molecule has 6 atom stereocenters. The average Bonchev–Trinajstić information content (AvgIpc) is 2.80. The van der Waals surface area contributed by atoms with Gasteiger partial charge in [0.1, 0.15) is 29.9 Å². The Balaban J connectivity index is 1.39. The van der Waals surface area contributed by atoms with E-state index in [1.165, 1.54) is 13.2 Å². The predicted molar refractivity (Wildman–Crippen MR) is 116 cm³/mol. The van der Waals surface area contributed by atoms with Gasteiger partial charge < -0.3 is 33.8 Å². The first-order chi connectivity index (χ1) is 15.5. The van der Waals surface area contributed by atoms with Gasteiger partial charge in [-0.1, -0.05) is 30.3 Å². The molecule has 2 fully saturated rings. The fourth-order valence-electron chi connectivity index (χ4n) is 4.33. The third kappa shape index (κ3) is 3.92. The molecule has 0 spiro atoms. The Morgan fingerprint density at radius 1 is 1.09 bits per heavy atom. The molecule has 2 N–H and O–H groups in total. The highest BCUT2D eigenvalue weighted by Gasteiger charge is 2.49. The summed E-state index contributed by atoms with van der Waals surface area (Å²) < 4.78 is 28.8. The molecular formula is C24H25NO7. The number of aliphatic hydroxyl groups excluding tert-OH is 1. The molecule has 2 aliphatic heterocycles. The number of methoxy groups -OCH3 is 1. The molecule has 0 bridgehead atoms. The van der Waals surface area contributed by atoms with Gasteiger partial charge in [-0.2, -0.15) is 0 Å². The van der Waals surface area contributed by atoms with E-state index < -0.39 is 42.6 Å². The molecule has 8 heteroatoms. The molecule has 2 aliphatic rings. The minimum atomic E-state index is -0.936. The van der Waals surface area contributed by atoms with E-state index >= 15 is 0 Å². The fourth-order valence-corrected chi connectivity index (χ4v) is 4.33. The van der Waals surface area contributed by atoms with Crippen molar-refractivity contribution >= 4 is 16.7 Å². The Kier molecular flexibility index (Phi) is 5.71. The number of ether oxygens (including phenoxy) is 4. The van der Waals surface area contributed by atoms with Gasteiger partial charge in [0.15, 0.2) is 12.6 Å². The van der Waals surface area contributed by atoms with Crippen LogP contribution in [0.5, 0.6) is 0 Å². The molecule has 8 nitrogen and oxygen atoms in total. The Bertz CT molecular complexity index is 1150. The molecule has 0 amide bonds. The third-order valence-corrected chi connectivity index (χ3v) is 5.95. The van der Waals surface area contributed by atoms with Crippen molar-refractivity contribution in [1.82, 2.24) is 0 Å². The predicted octanol–water partition coefficient (Wildman–Crippen LogP) is 2.73. The Morgan fingerprint density at radius 2 is 1.91 bits per heavy atom. The monoisotopic (exact) mass is 439 g/mol. The maximum Gasteiger partial charge on any atom is 0.336 e. The average molecular weight is 439 g/mol. The van der Waals surface area contributed by atoms with Crippen LogP contribution < -0.4 is 10.9 Å². The van der Waals surface area contributed by atoms with Crippen molar-refractivity contribution in [3.63, 3.8) is 0 Å². The Hall–Kier alpha value is -2.75. The number of hydrogen-bond donors (Lipinski definition) is 2. The highest BCUT2D eigenvalue weighted by atomic mass is 16.7. The van der Waals surface area contributed by atoms with Crippen molar-refractivity contribution < 1.29 is 28.5 Å². The zero-order valence-electron chi connectivity index (χ0n) is 17.8. The second-order valence-corrected chi connectivity index (χ2v) is 8.08. The summed E-state index contributed by atoms with van der Waals surface area (Å²) in [6.07, 6.45) is -3.34. The normalized spacial score (nSPS) is 30.1. The van der Waals surface area contributed by atoms with Crippen LogP contribution in [0.3, 0.4) is 0 Å². The summed E-state index contributed by atoms with van der Waals surface area (Å²) in [5, 5.41) is 15.3. The zero-order chi connectivity index (χ0) is 22.2. The molecule has 0 radical (unpaired) electrons. The molecular weight excluding hydrogens is 414 g/mol. The van der Waals surface area contributed by atoms with E-state index in [4.69, 9.17) is 23.4 Å². The molecule has 168 valence electrons. The number of nitrogens with one attached hydrogen (secondary N) is 1. The highest BCUT2D eigenvalue weighted by Crippen LogP contribution is 2.35. The van der Waals surface area contributed by atoms with E-state index in [0.29, 0.717) is 11.3 Å². The third-order valence-electron chi connectivity index (χ3n) is 5.95. The first-order valence-electron chi connectivity index (χ1n) is 10.5. The molecule has 32 heavy (non-hydrogen) atoms. The summed E-state index contributed by atoms with van der Waals surface area (Å²) >= 11 is 0. The Labute approximate surface area is 184 Å². The highest BCUT2D eigenvalue weighted by molar-refractivity contribution is 5.83. The molecule has 5 rings (SSSR count). The standard InChI is InChI=1S/C24H25NO7/c1-13-10-19(26)30-17-11-15(8-9-16(13)17)25-20-21(27)22-18(31-24(20)28-2)12-29-23(32-22)14-6-4-3-5-7-14/h3-11,18,20-25,27H,12H2,1-2H3/t18-,20-,21-,22-,23?,24+/m1/s1. The summed E-state index contributed by atoms with van der Waals surface area (Å²) in [5.41, 5.74) is 2.42. The van der Waals surface area contributed by atoms with E-state index in [1.54, 1.807) is 6.07 Å². The molecule has 3 aromatic rings. The van der Waals surface area contributed by atoms with Crippen LogP contribution in [0.4, 0.5) is 5.69 Å². The SMILES string of the molecule is CO[C@H]1O[C@@H]2COC(c3ccccc3)O[C@H]2[C@H](O)[C@H]1Nc1ccc2c(C)cc(=O)oc2c1. The number of aliphatic hydroxyl groups is 1. The quantitative estimate of drug-likeness (QED) is 0.599. The van der Waals surface area contributed by atoms with Gasteiger partial charge in [-0.05, 0) is 24.6 Å². The van der Waals surface area contributed by atoms with Crippen LogP contribution in [0, 0.1) is 6.92 Å². The number of benzene rings is 2. The van der Waals surface area contributed by atoms with Crippen LogP contribution >= 0.6 is 0 Å². The van der Waals surface area contributed by atoms with E-state index in [-0.39, 0.29) is 6.61 Å². The molecule has 0 saturated carbocycles. The minimum absolute atomic E-state index is 0.272. The summed E-state index contributed by atoms with van der Waals surface area (Å²) in [7, 11) is 1.52. The second-order valence-electron chi connectivity index (χ2n) is 8.08. The van der Waals surface area contributed by atoms with Crippen LogP contribution in [-0.4, -0.2) is 49.5 Å². The van der Waals surface area contributed by atoms with Crippen LogP contribution in [0.15, 0.2) is 63.8 Å². The molecule has 2 aromatic carbocycles. The molecule has 0 aliphatic carbocycles. The summed E-state index contributed by atoms with van der Waals surface area (Å²) in [4.78, 5) is 11.8. The first kappa shape index (κ1) is 21.1. The topological polar surface area (TPSA) is 99.4 Å². The molecule has 1 aromatic heterocycles.